The number of aromatic nitrogens is 2. The van der Waals surface area contributed by atoms with Crippen LogP contribution in [0.25, 0.3) is 0 Å². The summed E-state index contributed by atoms with van der Waals surface area (Å²) in [6.07, 6.45) is 2.04. The van der Waals surface area contributed by atoms with E-state index in [0.29, 0.717) is 12.5 Å². The van der Waals surface area contributed by atoms with Gasteiger partial charge in [0.15, 0.2) is 0 Å². The molecular formula is C13H15N5O2. The Hall–Kier alpha value is -2.83. The Morgan fingerprint density at radius 1 is 1.30 bits per heavy atom. The quantitative estimate of drug-likeness (QED) is 0.629. The van der Waals surface area contributed by atoms with E-state index in [9.17, 15) is 9.90 Å². The molecule has 0 fully saturated rings. The average molecular weight is 273 g/mol. The first-order valence-electron chi connectivity index (χ1n) is 6.00. The van der Waals surface area contributed by atoms with Crippen molar-refractivity contribution in [2.75, 3.05) is 17.6 Å². The molecule has 0 aliphatic carbocycles. The Morgan fingerprint density at radius 2 is 2.00 bits per heavy atom. The molecule has 2 aromatic rings. The molecule has 0 bridgehead atoms. The number of carbonyl (C=O) groups excluding carboxylic acids is 1. The first-order chi connectivity index (χ1) is 9.56. The molecular weight excluding hydrogens is 258 g/mol. The molecule has 0 saturated heterocycles. The van der Waals surface area contributed by atoms with Crippen molar-refractivity contribution < 1.29 is 9.90 Å². The van der Waals surface area contributed by atoms with Crippen LogP contribution in [0, 0.1) is 0 Å². The van der Waals surface area contributed by atoms with Crippen molar-refractivity contribution in [3.8, 4) is 5.75 Å². The van der Waals surface area contributed by atoms with Crippen molar-refractivity contribution in [2.24, 2.45) is 5.73 Å². The van der Waals surface area contributed by atoms with Crippen LogP contribution in [-0.2, 0) is 6.42 Å². The van der Waals surface area contributed by atoms with Crippen LogP contribution in [0.3, 0.4) is 0 Å². The predicted octanol–water partition coefficient (Wildman–Crippen LogP) is 0.518. The van der Waals surface area contributed by atoms with E-state index >= 15 is 0 Å². The Kier molecular flexibility index (Phi) is 3.99. The second kappa shape index (κ2) is 5.87. The van der Waals surface area contributed by atoms with Gasteiger partial charge >= 0.3 is 0 Å². The SMILES string of the molecule is NC(=O)c1cnc(NCCc2ccc(O)cc2)nc1N. The highest BCUT2D eigenvalue weighted by molar-refractivity contribution is 5.96. The number of carbonyl (C=O) groups is 1. The Labute approximate surface area is 115 Å². The zero-order valence-corrected chi connectivity index (χ0v) is 10.7. The maximum atomic E-state index is 11.0. The van der Waals surface area contributed by atoms with Crippen LogP contribution >= 0.6 is 0 Å². The number of nitrogens with zero attached hydrogens (tertiary/aromatic N) is 2. The van der Waals surface area contributed by atoms with Crippen molar-refractivity contribution >= 4 is 17.7 Å². The molecule has 0 aliphatic rings. The smallest absolute Gasteiger partial charge is 0.254 e. The topological polar surface area (TPSA) is 127 Å². The third-order valence-corrected chi connectivity index (χ3v) is 2.72. The van der Waals surface area contributed by atoms with Gasteiger partial charge in [0.25, 0.3) is 5.91 Å². The third kappa shape index (κ3) is 3.35. The Balaban J connectivity index is 1.92. The Bertz CT molecular complexity index is 613. The van der Waals surface area contributed by atoms with Gasteiger partial charge in [-0.15, -0.1) is 0 Å². The van der Waals surface area contributed by atoms with Crippen LogP contribution < -0.4 is 16.8 Å². The number of primary amides is 1. The van der Waals surface area contributed by atoms with Crippen molar-refractivity contribution in [3.05, 3.63) is 41.6 Å². The standard InChI is InChI=1S/C13H15N5O2/c14-11-10(12(15)20)7-17-13(18-11)16-6-5-8-1-3-9(19)4-2-8/h1-4,7,19H,5-6H2,(H2,15,20)(H3,14,16,17,18). The lowest BCUT2D eigenvalue weighted by molar-refractivity contribution is 0.100. The van der Waals surface area contributed by atoms with Crippen LogP contribution in [0.5, 0.6) is 5.75 Å². The molecule has 0 radical (unpaired) electrons. The average Bonchev–Trinajstić information content (AvgIpc) is 2.41. The zero-order valence-electron chi connectivity index (χ0n) is 10.7. The summed E-state index contributed by atoms with van der Waals surface area (Å²) in [5.41, 5.74) is 11.9. The molecule has 0 spiro atoms. The van der Waals surface area contributed by atoms with Crippen LogP contribution in [-0.4, -0.2) is 27.5 Å². The van der Waals surface area contributed by atoms with Gasteiger partial charge in [-0.1, -0.05) is 12.1 Å². The lowest BCUT2D eigenvalue weighted by atomic mass is 10.1. The summed E-state index contributed by atoms with van der Waals surface area (Å²) < 4.78 is 0. The monoisotopic (exact) mass is 273 g/mol. The fraction of sp³-hybridized carbons (Fsp3) is 0.154. The van der Waals surface area contributed by atoms with Gasteiger partial charge in [-0.25, -0.2) is 4.98 Å². The maximum absolute atomic E-state index is 11.0. The van der Waals surface area contributed by atoms with E-state index < -0.39 is 5.91 Å². The maximum Gasteiger partial charge on any atom is 0.254 e. The van der Waals surface area contributed by atoms with Gasteiger partial charge in [0.05, 0.1) is 5.56 Å². The highest BCUT2D eigenvalue weighted by Crippen LogP contribution is 2.11. The second-order valence-electron chi connectivity index (χ2n) is 4.20. The molecule has 20 heavy (non-hydrogen) atoms. The molecule has 1 aromatic heterocycles. The molecule has 0 atom stereocenters. The van der Waals surface area contributed by atoms with Gasteiger partial charge in [-0.2, -0.15) is 4.98 Å². The normalized spacial score (nSPS) is 10.2. The van der Waals surface area contributed by atoms with E-state index in [2.05, 4.69) is 15.3 Å². The summed E-state index contributed by atoms with van der Waals surface area (Å²) in [6.45, 7) is 0.597. The predicted molar refractivity (Wildman–Crippen MR) is 75.3 cm³/mol. The molecule has 2 rings (SSSR count). The molecule has 7 nitrogen and oxygen atoms in total. The fourth-order valence-corrected chi connectivity index (χ4v) is 1.65. The van der Waals surface area contributed by atoms with E-state index in [4.69, 9.17) is 11.5 Å². The van der Waals surface area contributed by atoms with Crippen LogP contribution in [0.1, 0.15) is 15.9 Å². The highest BCUT2D eigenvalue weighted by Gasteiger charge is 2.08. The van der Waals surface area contributed by atoms with E-state index in [1.807, 2.05) is 12.1 Å². The van der Waals surface area contributed by atoms with Gasteiger partial charge in [0.2, 0.25) is 5.95 Å². The minimum Gasteiger partial charge on any atom is -0.508 e. The number of phenols is 1. The van der Waals surface area contributed by atoms with E-state index in [1.54, 1.807) is 12.1 Å². The largest absolute Gasteiger partial charge is 0.508 e. The number of anilines is 2. The molecule has 1 aromatic carbocycles. The number of hydrogen-bond donors (Lipinski definition) is 4. The lowest BCUT2D eigenvalue weighted by Gasteiger charge is -2.07. The fourth-order valence-electron chi connectivity index (χ4n) is 1.65. The molecule has 6 N–H and O–H groups in total. The number of benzene rings is 1. The van der Waals surface area contributed by atoms with Gasteiger partial charge in [-0.3, -0.25) is 4.79 Å². The van der Waals surface area contributed by atoms with Crippen molar-refractivity contribution in [1.82, 2.24) is 9.97 Å². The molecule has 1 amide bonds. The van der Waals surface area contributed by atoms with Gasteiger partial charge in [0.1, 0.15) is 11.6 Å². The van der Waals surface area contributed by atoms with Gasteiger partial charge in [0, 0.05) is 12.7 Å². The summed E-state index contributed by atoms with van der Waals surface area (Å²) in [4.78, 5) is 18.9. The molecule has 0 unspecified atom stereocenters. The first-order valence-corrected chi connectivity index (χ1v) is 6.00. The molecule has 1 heterocycles. The number of nitrogens with one attached hydrogen (secondary N) is 1. The number of nitrogens with two attached hydrogens (primary N) is 2. The minimum absolute atomic E-state index is 0.0552. The second-order valence-corrected chi connectivity index (χ2v) is 4.20. The van der Waals surface area contributed by atoms with Gasteiger partial charge < -0.3 is 21.9 Å². The van der Waals surface area contributed by atoms with Crippen molar-refractivity contribution in [3.63, 3.8) is 0 Å². The number of amides is 1. The van der Waals surface area contributed by atoms with E-state index in [1.165, 1.54) is 6.20 Å². The Morgan fingerprint density at radius 3 is 2.60 bits per heavy atom. The summed E-state index contributed by atoms with van der Waals surface area (Å²) in [7, 11) is 0. The summed E-state index contributed by atoms with van der Waals surface area (Å²) >= 11 is 0. The van der Waals surface area contributed by atoms with Crippen LogP contribution in [0.4, 0.5) is 11.8 Å². The van der Waals surface area contributed by atoms with Crippen LogP contribution in [0.2, 0.25) is 0 Å². The van der Waals surface area contributed by atoms with Crippen LogP contribution in [0.15, 0.2) is 30.5 Å². The number of rotatable bonds is 5. The number of phenolic OH excluding ortho intramolecular Hbond substituents is 1. The minimum atomic E-state index is -0.654. The third-order valence-electron chi connectivity index (χ3n) is 2.72. The highest BCUT2D eigenvalue weighted by atomic mass is 16.3. The van der Waals surface area contributed by atoms with E-state index in [0.717, 1.165) is 12.0 Å². The van der Waals surface area contributed by atoms with Crippen molar-refractivity contribution in [1.29, 1.82) is 0 Å². The molecule has 104 valence electrons. The van der Waals surface area contributed by atoms with E-state index in [-0.39, 0.29) is 17.1 Å². The lowest BCUT2D eigenvalue weighted by Crippen LogP contribution is -2.16. The zero-order chi connectivity index (χ0) is 14.5. The number of aromatic hydroxyl groups is 1. The first kappa shape index (κ1) is 13.6. The molecule has 0 saturated carbocycles. The summed E-state index contributed by atoms with van der Waals surface area (Å²) in [6, 6.07) is 6.93. The van der Waals surface area contributed by atoms with Gasteiger partial charge in [-0.05, 0) is 24.1 Å². The number of hydrogen-bond acceptors (Lipinski definition) is 6. The molecule has 7 heteroatoms. The molecule has 0 aliphatic heterocycles. The summed E-state index contributed by atoms with van der Waals surface area (Å²) in [5.74, 6) is -0.0242. The summed E-state index contributed by atoms with van der Waals surface area (Å²) in [5, 5.41) is 12.2. The number of nitrogen functional groups attached to an aromatic ring is 1. The van der Waals surface area contributed by atoms with Crippen molar-refractivity contribution in [2.45, 2.75) is 6.42 Å².